The van der Waals surface area contributed by atoms with E-state index in [1.54, 1.807) is 0 Å². The summed E-state index contributed by atoms with van der Waals surface area (Å²) < 4.78 is 6.39. The number of para-hydroxylation sites is 2. The number of rotatable bonds is 8. The quantitative estimate of drug-likeness (QED) is 0.152. The number of nitrogens with zero attached hydrogens (tertiary/aromatic N) is 1. The maximum Gasteiger partial charge on any atom is 0.135 e. The first kappa shape index (κ1) is 36.4. The molecule has 0 bridgehead atoms. The number of anilines is 3. The number of furan rings is 1. The van der Waals surface area contributed by atoms with Crippen LogP contribution in [-0.2, 0) is 0 Å². The molecule has 0 aliphatic rings. The summed E-state index contributed by atoms with van der Waals surface area (Å²) in [4.78, 5) is 2.40. The largest absolute Gasteiger partial charge is 0.456 e. The zero-order chi connectivity index (χ0) is 40.7. The zero-order valence-electron chi connectivity index (χ0n) is 33.2. The molecular formula is C58H38ClNO. The van der Waals surface area contributed by atoms with Gasteiger partial charge in [0.2, 0.25) is 0 Å². The number of halogens is 1. The zero-order valence-corrected chi connectivity index (χ0v) is 33.9. The molecule has 0 fully saturated rings. The molecule has 0 saturated carbocycles. The van der Waals surface area contributed by atoms with Crippen LogP contribution < -0.4 is 4.90 Å². The Labute approximate surface area is 360 Å². The van der Waals surface area contributed by atoms with E-state index < -0.39 is 0 Å². The molecule has 0 atom stereocenters. The highest BCUT2D eigenvalue weighted by Gasteiger charge is 2.24. The highest BCUT2D eigenvalue weighted by Crippen LogP contribution is 2.49. The van der Waals surface area contributed by atoms with Crippen LogP contribution in [0.4, 0.5) is 17.1 Å². The number of hydrogen-bond donors (Lipinski definition) is 0. The van der Waals surface area contributed by atoms with Gasteiger partial charge in [0.05, 0.1) is 5.69 Å². The van der Waals surface area contributed by atoms with Crippen molar-refractivity contribution in [3.8, 4) is 55.6 Å². The molecule has 10 aromatic carbocycles. The highest BCUT2D eigenvalue weighted by molar-refractivity contribution is 6.31. The molecule has 11 rings (SSSR count). The van der Waals surface area contributed by atoms with E-state index in [0.717, 1.165) is 83.5 Å². The fourth-order valence-corrected chi connectivity index (χ4v) is 8.97. The lowest BCUT2D eigenvalue weighted by molar-refractivity contribution is 0.669. The highest BCUT2D eigenvalue weighted by atomic mass is 35.5. The maximum atomic E-state index is 7.24. The third kappa shape index (κ3) is 6.93. The van der Waals surface area contributed by atoms with Gasteiger partial charge in [0, 0.05) is 38.3 Å². The standard InChI is InChI=1S/C58H38ClNO/c59-49-35-48(45-29-28-41-18-7-8-19-42(41)32-45)36-51(37-49)60(50-30-31-57-55(38-50)54-24-9-10-27-56(54)61-57)58-52(46-22-11-20-43(33-46)39-14-3-1-4-15-39)25-13-26-53(58)47-23-12-21-44(34-47)40-16-5-2-6-17-40/h1-38H. The van der Waals surface area contributed by atoms with Gasteiger partial charge in [-0.1, -0.05) is 181 Å². The smallest absolute Gasteiger partial charge is 0.135 e. The van der Waals surface area contributed by atoms with Crippen molar-refractivity contribution in [1.82, 2.24) is 0 Å². The third-order valence-corrected chi connectivity index (χ3v) is 11.9. The minimum Gasteiger partial charge on any atom is -0.456 e. The summed E-state index contributed by atoms with van der Waals surface area (Å²) in [5.74, 6) is 0. The van der Waals surface area contributed by atoms with Crippen molar-refractivity contribution in [2.45, 2.75) is 0 Å². The van der Waals surface area contributed by atoms with Crippen LogP contribution in [0.25, 0.3) is 88.3 Å². The first-order valence-electron chi connectivity index (χ1n) is 20.6. The van der Waals surface area contributed by atoms with Crippen LogP contribution in [0.3, 0.4) is 0 Å². The lowest BCUT2D eigenvalue weighted by Gasteiger charge is -2.31. The van der Waals surface area contributed by atoms with Crippen LogP contribution in [0.2, 0.25) is 5.02 Å². The average molecular weight is 800 g/mol. The third-order valence-electron chi connectivity index (χ3n) is 11.7. The van der Waals surface area contributed by atoms with Crippen molar-refractivity contribution in [1.29, 1.82) is 0 Å². The van der Waals surface area contributed by atoms with Crippen LogP contribution >= 0.6 is 11.6 Å². The molecule has 2 nitrogen and oxygen atoms in total. The van der Waals surface area contributed by atoms with Crippen molar-refractivity contribution in [3.05, 3.63) is 236 Å². The van der Waals surface area contributed by atoms with Crippen molar-refractivity contribution >= 4 is 61.4 Å². The van der Waals surface area contributed by atoms with Gasteiger partial charge in [-0.3, -0.25) is 0 Å². The van der Waals surface area contributed by atoms with Gasteiger partial charge in [-0.2, -0.15) is 0 Å². The van der Waals surface area contributed by atoms with E-state index in [-0.39, 0.29) is 0 Å². The van der Waals surface area contributed by atoms with Crippen molar-refractivity contribution in [2.75, 3.05) is 4.90 Å². The van der Waals surface area contributed by atoms with Crippen LogP contribution in [0.5, 0.6) is 0 Å². The second kappa shape index (κ2) is 15.5. The van der Waals surface area contributed by atoms with Gasteiger partial charge in [-0.25, -0.2) is 0 Å². The van der Waals surface area contributed by atoms with E-state index in [1.807, 2.05) is 12.1 Å². The van der Waals surface area contributed by atoms with Gasteiger partial charge < -0.3 is 9.32 Å². The molecule has 0 amide bonds. The summed E-state index contributed by atoms with van der Waals surface area (Å²) in [5, 5.41) is 5.15. The van der Waals surface area contributed by atoms with E-state index in [9.17, 15) is 0 Å². The van der Waals surface area contributed by atoms with Gasteiger partial charge in [-0.15, -0.1) is 0 Å². The Morgan fingerprint density at radius 3 is 1.57 bits per heavy atom. The molecule has 0 saturated heterocycles. The molecule has 0 radical (unpaired) electrons. The molecule has 288 valence electrons. The Hall–Kier alpha value is -7.65. The average Bonchev–Trinajstić information content (AvgIpc) is 3.70. The molecular weight excluding hydrogens is 762 g/mol. The van der Waals surface area contributed by atoms with Gasteiger partial charge in [0.25, 0.3) is 0 Å². The van der Waals surface area contributed by atoms with Crippen LogP contribution in [0.1, 0.15) is 0 Å². The summed E-state index contributed by atoms with van der Waals surface area (Å²) in [6.45, 7) is 0. The monoisotopic (exact) mass is 799 g/mol. The first-order chi connectivity index (χ1) is 30.1. The second-order valence-corrected chi connectivity index (χ2v) is 15.9. The Balaban J connectivity index is 1.21. The van der Waals surface area contributed by atoms with Crippen LogP contribution in [0, 0.1) is 0 Å². The number of benzene rings is 10. The van der Waals surface area contributed by atoms with Gasteiger partial charge in [0.1, 0.15) is 11.2 Å². The molecule has 0 N–H and O–H groups in total. The Morgan fingerprint density at radius 2 is 0.869 bits per heavy atom. The minimum absolute atomic E-state index is 0.650. The van der Waals surface area contributed by atoms with E-state index >= 15 is 0 Å². The van der Waals surface area contributed by atoms with E-state index in [4.69, 9.17) is 16.0 Å². The van der Waals surface area contributed by atoms with Crippen LogP contribution in [0.15, 0.2) is 235 Å². The second-order valence-electron chi connectivity index (χ2n) is 15.5. The molecule has 1 heterocycles. The summed E-state index contributed by atoms with van der Waals surface area (Å²) in [5.41, 5.74) is 15.8. The molecule has 0 spiro atoms. The molecule has 0 unspecified atom stereocenters. The van der Waals surface area contributed by atoms with Crippen molar-refractivity contribution in [2.24, 2.45) is 0 Å². The predicted octanol–water partition coefficient (Wildman–Crippen LogP) is 17.2. The topological polar surface area (TPSA) is 16.4 Å². The van der Waals surface area contributed by atoms with Crippen molar-refractivity contribution < 1.29 is 4.42 Å². The summed E-state index contributed by atoms with van der Waals surface area (Å²) in [6, 6.07) is 82.0. The molecule has 61 heavy (non-hydrogen) atoms. The number of hydrogen-bond acceptors (Lipinski definition) is 2. The predicted molar refractivity (Wildman–Crippen MR) is 258 cm³/mol. The molecule has 11 aromatic rings. The molecule has 1 aromatic heterocycles. The minimum atomic E-state index is 0.650. The van der Waals surface area contributed by atoms with Gasteiger partial charge in [0.15, 0.2) is 0 Å². The lowest BCUT2D eigenvalue weighted by atomic mass is 9.91. The molecule has 0 aliphatic heterocycles. The summed E-state index contributed by atoms with van der Waals surface area (Å²) in [7, 11) is 0. The van der Waals surface area contributed by atoms with E-state index in [1.165, 1.54) is 21.9 Å². The normalized spacial score (nSPS) is 11.4. The fourth-order valence-electron chi connectivity index (χ4n) is 8.74. The molecule has 3 heteroatoms. The maximum absolute atomic E-state index is 7.24. The van der Waals surface area contributed by atoms with E-state index in [2.05, 4.69) is 223 Å². The fraction of sp³-hybridized carbons (Fsp3) is 0. The van der Waals surface area contributed by atoms with Crippen molar-refractivity contribution in [3.63, 3.8) is 0 Å². The van der Waals surface area contributed by atoms with E-state index in [0.29, 0.717) is 5.02 Å². The van der Waals surface area contributed by atoms with Gasteiger partial charge in [-0.05, 0) is 116 Å². The first-order valence-corrected chi connectivity index (χ1v) is 21.0. The summed E-state index contributed by atoms with van der Waals surface area (Å²) in [6.07, 6.45) is 0. The van der Waals surface area contributed by atoms with Crippen LogP contribution in [-0.4, -0.2) is 0 Å². The SMILES string of the molecule is Clc1cc(-c2ccc3ccccc3c2)cc(N(c2ccc3oc4ccccc4c3c2)c2c(-c3cccc(-c4ccccc4)c3)cccc2-c2cccc(-c3ccccc3)c2)c1. The Bertz CT molecular complexity index is 3290. The lowest BCUT2D eigenvalue weighted by Crippen LogP contribution is -2.13. The van der Waals surface area contributed by atoms with Gasteiger partial charge >= 0.3 is 0 Å². The summed E-state index contributed by atoms with van der Waals surface area (Å²) >= 11 is 7.24. The number of fused-ring (bicyclic) bond motifs is 4. The molecule has 0 aliphatic carbocycles. The Morgan fingerprint density at radius 1 is 0.311 bits per heavy atom. The Kier molecular flexibility index (Phi) is 9.26.